The van der Waals surface area contributed by atoms with Gasteiger partial charge >= 0.3 is 5.97 Å². The number of carbonyl (C=O) groups excluding carboxylic acids is 2. The zero-order valence-corrected chi connectivity index (χ0v) is 35.0. The van der Waals surface area contributed by atoms with Crippen LogP contribution in [0.1, 0.15) is 66.8 Å². The number of hydrogen-bond donors (Lipinski definition) is 1. The number of hydrogen-bond acceptors (Lipinski definition) is 9. The molecule has 1 saturated heterocycles. The molecule has 1 amide bonds. The molecule has 0 bridgehead atoms. The van der Waals surface area contributed by atoms with Gasteiger partial charge in [0.2, 0.25) is 5.91 Å². The van der Waals surface area contributed by atoms with Crippen LogP contribution in [0.15, 0.2) is 59.4 Å². The van der Waals surface area contributed by atoms with E-state index in [1.54, 1.807) is 36.0 Å². The quantitative estimate of drug-likeness (QED) is 0.114. The van der Waals surface area contributed by atoms with Crippen molar-refractivity contribution in [3.8, 4) is 0 Å². The number of carbonyl (C=O) groups is 2. The number of β-lactam (4-membered cyclic amide) rings is 1. The lowest BCUT2D eigenvalue weighted by molar-refractivity contribution is -0.166. The minimum atomic E-state index is -2.17. The van der Waals surface area contributed by atoms with Gasteiger partial charge in [-0.05, 0) is 67.5 Å². The van der Waals surface area contributed by atoms with Gasteiger partial charge in [-0.25, -0.2) is 4.79 Å². The van der Waals surface area contributed by atoms with Gasteiger partial charge in [-0.1, -0.05) is 60.6 Å². The van der Waals surface area contributed by atoms with E-state index in [0.717, 1.165) is 16.3 Å². The third-order valence-electron chi connectivity index (χ3n) is 11.1. The predicted octanol–water partition coefficient (Wildman–Crippen LogP) is 7.39. The van der Waals surface area contributed by atoms with Crippen molar-refractivity contribution in [1.29, 1.82) is 0 Å². The molecule has 1 N–H and O–H groups in total. The summed E-state index contributed by atoms with van der Waals surface area (Å²) in [5.41, 5.74) is 1.99. The molecule has 12 heteroatoms. The summed E-state index contributed by atoms with van der Waals surface area (Å²) in [4.78, 5) is 39.6. The van der Waals surface area contributed by atoms with E-state index in [2.05, 4.69) is 77.7 Å². The lowest BCUT2D eigenvalue weighted by atomic mass is 9.79. The Kier molecular flexibility index (Phi) is 12.7. The highest BCUT2D eigenvalue weighted by Gasteiger charge is 2.60. The van der Waals surface area contributed by atoms with Gasteiger partial charge in [0.15, 0.2) is 16.6 Å². The van der Waals surface area contributed by atoms with Gasteiger partial charge in [-0.3, -0.25) is 14.8 Å². The first-order valence-electron chi connectivity index (χ1n) is 17.9. The second-order valence-electron chi connectivity index (χ2n) is 16.9. The van der Waals surface area contributed by atoms with Crippen LogP contribution in [0, 0.1) is 11.8 Å². The molecule has 4 rings (SSSR count). The van der Waals surface area contributed by atoms with Crippen molar-refractivity contribution in [2.24, 2.45) is 11.8 Å². The Hall–Kier alpha value is -2.36. The molecular weight excluding hydrogens is 683 g/mol. The van der Waals surface area contributed by atoms with Crippen molar-refractivity contribution in [2.75, 3.05) is 13.2 Å². The van der Waals surface area contributed by atoms with Crippen molar-refractivity contribution in [1.82, 2.24) is 14.9 Å². The fourth-order valence-electron chi connectivity index (χ4n) is 5.87. The first kappa shape index (κ1) is 40.4. The fraction of sp³-hybridized carbons (Fsp3) is 0.632. The van der Waals surface area contributed by atoms with E-state index in [4.69, 9.17) is 13.6 Å². The van der Waals surface area contributed by atoms with Crippen LogP contribution < -0.4 is 0 Å². The molecule has 2 aromatic rings. The summed E-state index contributed by atoms with van der Waals surface area (Å²) in [6, 6.07) is 11.2. The first-order chi connectivity index (χ1) is 23.1. The molecule has 0 spiro atoms. The minimum absolute atomic E-state index is 0.0256. The van der Waals surface area contributed by atoms with Crippen LogP contribution in [0.4, 0.5) is 0 Å². The first-order valence-corrected chi connectivity index (χ1v) is 24.5. The monoisotopic (exact) mass is 741 g/mol. The van der Waals surface area contributed by atoms with E-state index >= 15 is 0 Å². The number of nitrogens with zero attached hydrogens (tertiary/aromatic N) is 3. The number of aliphatic hydroxyl groups excluding tert-OH is 1. The van der Waals surface area contributed by atoms with Crippen LogP contribution in [0.25, 0.3) is 0 Å². The van der Waals surface area contributed by atoms with Crippen molar-refractivity contribution >= 4 is 40.3 Å². The van der Waals surface area contributed by atoms with E-state index < -0.39 is 40.7 Å². The number of esters is 1. The molecule has 1 fully saturated rings. The van der Waals surface area contributed by atoms with E-state index in [1.807, 2.05) is 43.3 Å². The van der Waals surface area contributed by atoms with Crippen molar-refractivity contribution in [2.45, 2.75) is 128 Å². The van der Waals surface area contributed by atoms with Crippen molar-refractivity contribution in [3.63, 3.8) is 0 Å². The lowest BCUT2D eigenvalue weighted by Crippen LogP contribution is -2.63. The molecule has 2 aliphatic rings. The van der Waals surface area contributed by atoms with Crippen LogP contribution in [0.5, 0.6) is 0 Å². The molecule has 9 nitrogen and oxygen atoms in total. The molecule has 6 atom stereocenters. The van der Waals surface area contributed by atoms with Crippen molar-refractivity contribution in [3.05, 3.63) is 70.8 Å². The number of ether oxygens (including phenoxy) is 1. The van der Waals surface area contributed by atoms with Crippen molar-refractivity contribution < 1.29 is 28.3 Å². The summed E-state index contributed by atoms with van der Waals surface area (Å²) in [6.07, 6.45) is 3.07. The number of aromatic nitrogens is 2. The third kappa shape index (κ3) is 9.16. The molecule has 50 heavy (non-hydrogen) atoms. The zero-order chi connectivity index (χ0) is 37.2. The Morgan fingerprint density at radius 2 is 1.42 bits per heavy atom. The summed E-state index contributed by atoms with van der Waals surface area (Å²) in [5.74, 6) is -1.58. The largest absolute Gasteiger partial charge is 0.455 e. The molecule has 4 heterocycles. The standard InChI is InChI=1S/C38H59N3O6SSi2/c1-25-32-31(26(2)42)35(43)41(32)33(34(25)48-30(22-28-18-14-16-20-40-28)24-46-50(11,12)38(6,7)8)36(44)47-29(21-27-17-13-15-19-39-27)23-45-49(9,10)37(3,4)5/h13-20,25-26,29-32,42H,21-24H2,1-12H3/t25-,26-,29?,30?,31-,32-/m1/s1. The van der Waals surface area contributed by atoms with Gasteiger partial charge in [-0.2, -0.15) is 0 Å². The molecule has 0 saturated carbocycles. The number of aliphatic hydroxyl groups is 1. The topological polar surface area (TPSA) is 111 Å². The van der Waals surface area contributed by atoms with E-state index in [9.17, 15) is 14.7 Å². The Balaban J connectivity index is 1.70. The molecule has 2 unspecified atom stereocenters. The Morgan fingerprint density at radius 3 is 1.90 bits per heavy atom. The predicted molar refractivity (Wildman–Crippen MR) is 205 cm³/mol. The maximum absolute atomic E-state index is 14.5. The van der Waals surface area contributed by atoms with Gasteiger partial charge < -0.3 is 23.6 Å². The SMILES string of the molecule is C[C@@H](O)[C@H]1C(=O)N2C(C(=O)OC(CO[Si](C)(C)C(C)(C)C)Cc3ccccn3)=C(SC(CO[Si](C)(C)C(C)(C)C)Cc3ccccn3)[C@H](C)[C@H]12. The van der Waals surface area contributed by atoms with Crippen LogP contribution in [0.2, 0.25) is 36.3 Å². The summed E-state index contributed by atoms with van der Waals surface area (Å²) < 4.78 is 19.7. The van der Waals surface area contributed by atoms with Crippen LogP contribution in [-0.2, 0) is 36.0 Å². The van der Waals surface area contributed by atoms with Gasteiger partial charge in [0.25, 0.3) is 0 Å². The average Bonchev–Trinajstić information content (AvgIpc) is 3.25. The van der Waals surface area contributed by atoms with Gasteiger partial charge in [0.1, 0.15) is 11.8 Å². The minimum Gasteiger partial charge on any atom is -0.455 e. The normalized spacial score (nSPS) is 21.8. The van der Waals surface area contributed by atoms with Crippen LogP contribution in [0.3, 0.4) is 0 Å². The second kappa shape index (κ2) is 15.7. The number of fused-ring (bicyclic) bond motifs is 1. The maximum Gasteiger partial charge on any atom is 0.356 e. The Bertz CT molecular complexity index is 1510. The molecule has 2 aromatic heterocycles. The number of rotatable bonds is 15. The van der Waals surface area contributed by atoms with Crippen LogP contribution >= 0.6 is 11.8 Å². The summed E-state index contributed by atoms with van der Waals surface area (Å²) in [5, 5.41) is 10.6. The van der Waals surface area contributed by atoms with E-state index in [-0.39, 0.29) is 45.5 Å². The van der Waals surface area contributed by atoms with E-state index in [0.29, 0.717) is 19.4 Å². The highest BCUT2D eigenvalue weighted by molar-refractivity contribution is 8.03. The summed E-state index contributed by atoms with van der Waals surface area (Å²) in [6.45, 7) is 26.4. The average molecular weight is 742 g/mol. The zero-order valence-electron chi connectivity index (χ0n) is 32.1. The van der Waals surface area contributed by atoms with Gasteiger partial charge in [0, 0.05) is 59.3 Å². The second-order valence-corrected chi connectivity index (χ2v) is 27.9. The van der Waals surface area contributed by atoms with Gasteiger partial charge in [0.05, 0.1) is 24.7 Å². The number of amides is 1. The maximum atomic E-state index is 14.5. The molecule has 0 aromatic carbocycles. The molecule has 0 aliphatic carbocycles. The fourth-order valence-corrected chi connectivity index (χ4v) is 9.47. The molecule has 276 valence electrons. The highest BCUT2D eigenvalue weighted by Crippen LogP contribution is 2.52. The molecule has 2 aliphatic heterocycles. The Labute approximate surface area is 306 Å². The highest BCUT2D eigenvalue weighted by atomic mass is 32.2. The number of pyridine rings is 2. The number of thioether (sulfide) groups is 1. The van der Waals surface area contributed by atoms with Crippen LogP contribution in [-0.4, -0.2) is 85.2 Å². The molecule has 0 radical (unpaired) electrons. The van der Waals surface area contributed by atoms with Gasteiger partial charge in [-0.15, -0.1) is 11.8 Å². The lowest BCUT2D eigenvalue weighted by Gasteiger charge is -2.46. The molecular formula is C38H59N3O6SSi2. The summed E-state index contributed by atoms with van der Waals surface area (Å²) in [7, 11) is -4.27. The summed E-state index contributed by atoms with van der Waals surface area (Å²) >= 11 is 1.58. The van der Waals surface area contributed by atoms with E-state index in [1.165, 1.54) is 0 Å². The Morgan fingerprint density at radius 1 is 0.900 bits per heavy atom. The smallest absolute Gasteiger partial charge is 0.356 e. The third-order valence-corrected chi connectivity index (χ3v) is 21.5.